The zero-order valence-electron chi connectivity index (χ0n) is 18.9. The third-order valence-electron chi connectivity index (χ3n) is 6.28. The molecule has 2 aromatic carbocycles. The lowest BCUT2D eigenvalue weighted by Crippen LogP contribution is -2.24. The SMILES string of the molecule is CCCCCc1cc(C(C)(CCC)c2ccc(O)c(CCCCC)c2)ccc1O. The van der Waals surface area contributed by atoms with Gasteiger partial charge in [-0.15, -0.1) is 0 Å². The first-order valence-corrected chi connectivity index (χ1v) is 11.6. The minimum absolute atomic E-state index is 0.130. The van der Waals surface area contributed by atoms with Gasteiger partial charge in [-0.05, 0) is 66.5 Å². The summed E-state index contributed by atoms with van der Waals surface area (Å²) in [6, 6.07) is 12.3. The van der Waals surface area contributed by atoms with Crippen molar-refractivity contribution in [3.05, 3.63) is 58.7 Å². The lowest BCUT2D eigenvalue weighted by atomic mass is 9.72. The minimum Gasteiger partial charge on any atom is -0.508 e. The van der Waals surface area contributed by atoms with Crippen LogP contribution in [0.3, 0.4) is 0 Å². The van der Waals surface area contributed by atoms with Crippen LogP contribution in [0.4, 0.5) is 0 Å². The number of benzene rings is 2. The molecule has 2 rings (SSSR count). The maximum absolute atomic E-state index is 10.4. The molecule has 0 fully saturated rings. The Labute approximate surface area is 178 Å². The highest BCUT2D eigenvalue weighted by atomic mass is 16.3. The quantitative estimate of drug-likeness (QED) is 0.361. The molecule has 0 radical (unpaired) electrons. The van der Waals surface area contributed by atoms with Gasteiger partial charge in [0.2, 0.25) is 0 Å². The van der Waals surface area contributed by atoms with Crippen LogP contribution in [0.2, 0.25) is 0 Å². The molecule has 0 aromatic heterocycles. The van der Waals surface area contributed by atoms with Crippen LogP contribution in [-0.2, 0) is 18.3 Å². The van der Waals surface area contributed by atoms with Crippen LogP contribution in [0, 0.1) is 0 Å². The van der Waals surface area contributed by atoms with Crippen LogP contribution in [0.1, 0.15) is 101 Å². The average Bonchev–Trinajstić information content (AvgIpc) is 2.71. The van der Waals surface area contributed by atoms with Crippen LogP contribution in [0.25, 0.3) is 0 Å². The molecule has 0 atom stereocenters. The van der Waals surface area contributed by atoms with Crippen molar-refractivity contribution >= 4 is 0 Å². The maximum atomic E-state index is 10.4. The predicted octanol–water partition coefficient (Wildman–Crippen LogP) is 7.67. The molecule has 2 heteroatoms. The lowest BCUT2D eigenvalue weighted by molar-refractivity contribution is 0.460. The van der Waals surface area contributed by atoms with E-state index in [0.29, 0.717) is 11.5 Å². The fourth-order valence-corrected chi connectivity index (χ4v) is 4.34. The van der Waals surface area contributed by atoms with Gasteiger partial charge in [0.05, 0.1) is 0 Å². The van der Waals surface area contributed by atoms with E-state index in [-0.39, 0.29) is 5.41 Å². The standard InChI is InChI=1S/C27H40O2/c1-5-8-10-12-21-19-23(14-16-25(21)28)27(4,18-7-3)24-15-17-26(29)22(20-24)13-11-9-6-2/h14-17,19-20,28-29H,5-13,18H2,1-4H3. The summed E-state index contributed by atoms with van der Waals surface area (Å²) in [7, 11) is 0. The molecule has 0 unspecified atom stereocenters. The number of hydrogen-bond donors (Lipinski definition) is 2. The summed E-state index contributed by atoms with van der Waals surface area (Å²) in [5, 5.41) is 20.7. The molecular weight excluding hydrogens is 356 g/mol. The van der Waals surface area contributed by atoms with E-state index >= 15 is 0 Å². The third kappa shape index (κ3) is 6.01. The normalized spacial score (nSPS) is 11.7. The molecule has 0 saturated heterocycles. The summed E-state index contributed by atoms with van der Waals surface area (Å²) in [5.74, 6) is 0.823. The van der Waals surface area contributed by atoms with Gasteiger partial charge in [-0.3, -0.25) is 0 Å². The second kappa shape index (κ2) is 11.3. The smallest absolute Gasteiger partial charge is 0.118 e. The molecule has 0 bridgehead atoms. The Morgan fingerprint density at radius 3 is 1.48 bits per heavy atom. The molecule has 0 aliphatic carbocycles. The molecule has 0 spiro atoms. The lowest BCUT2D eigenvalue weighted by Gasteiger charge is -2.32. The molecule has 2 N–H and O–H groups in total. The molecule has 2 nitrogen and oxygen atoms in total. The maximum Gasteiger partial charge on any atom is 0.118 e. The average molecular weight is 397 g/mol. The van der Waals surface area contributed by atoms with Crippen LogP contribution in [0.5, 0.6) is 11.5 Å². The van der Waals surface area contributed by atoms with Gasteiger partial charge in [-0.1, -0.05) is 84.1 Å². The monoisotopic (exact) mass is 396 g/mol. The summed E-state index contributed by atoms with van der Waals surface area (Å²) in [6.07, 6.45) is 10.9. The van der Waals surface area contributed by atoms with Crippen LogP contribution >= 0.6 is 0 Å². The van der Waals surface area contributed by atoms with Crippen molar-refractivity contribution in [2.45, 2.75) is 97.3 Å². The van der Waals surface area contributed by atoms with E-state index < -0.39 is 0 Å². The summed E-state index contributed by atoms with van der Waals surface area (Å²) < 4.78 is 0. The van der Waals surface area contributed by atoms with E-state index in [4.69, 9.17) is 0 Å². The highest BCUT2D eigenvalue weighted by Crippen LogP contribution is 2.40. The minimum atomic E-state index is -0.130. The molecule has 0 heterocycles. The Hall–Kier alpha value is -1.96. The molecule has 0 amide bonds. The van der Waals surface area contributed by atoms with Gasteiger partial charge in [-0.2, -0.15) is 0 Å². The Balaban J connectivity index is 2.40. The van der Waals surface area contributed by atoms with E-state index in [0.717, 1.165) is 49.7 Å². The number of phenolic OH excluding ortho intramolecular Hbond substituents is 2. The number of aromatic hydroxyl groups is 2. The van der Waals surface area contributed by atoms with Crippen molar-refractivity contribution in [1.82, 2.24) is 0 Å². The molecule has 0 saturated carbocycles. The molecule has 29 heavy (non-hydrogen) atoms. The van der Waals surface area contributed by atoms with E-state index in [9.17, 15) is 10.2 Å². The first kappa shape index (κ1) is 23.3. The van der Waals surface area contributed by atoms with Crippen LogP contribution in [-0.4, -0.2) is 10.2 Å². The third-order valence-corrected chi connectivity index (χ3v) is 6.28. The number of unbranched alkanes of at least 4 members (excludes halogenated alkanes) is 4. The topological polar surface area (TPSA) is 40.5 Å². The summed E-state index contributed by atoms with van der Waals surface area (Å²) in [5.41, 5.74) is 4.50. The highest BCUT2D eigenvalue weighted by Gasteiger charge is 2.29. The van der Waals surface area contributed by atoms with Gasteiger partial charge in [0, 0.05) is 5.41 Å². The number of phenols is 2. The fraction of sp³-hybridized carbons (Fsp3) is 0.556. The first-order valence-electron chi connectivity index (χ1n) is 11.6. The van der Waals surface area contributed by atoms with E-state index in [2.05, 4.69) is 52.0 Å². The van der Waals surface area contributed by atoms with E-state index in [1.807, 2.05) is 12.1 Å². The summed E-state index contributed by atoms with van der Waals surface area (Å²) >= 11 is 0. The zero-order chi connectivity index (χ0) is 21.3. The molecule has 2 aromatic rings. The highest BCUT2D eigenvalue weighted by molar-refractivity contribution is 5.47. The summed E-state index contributed by atoms with van der Waals surface area (Å²) in [6.45, 7) is 8.94. The van der Waals surface area contributed by atoms with Crippen LogP contribution in [0.15, 0.2) is 36.4 Å². The van der Waals surface area contributed by atoms with E-state index in [1.165, 1.54) is 36.8 Å². The van der Waals surface area contributed by atoms with Gasteiger partial charge in [0.25, 0.3) is 0 Å². The fourth-order valence-electron chi connectivity index (χ4n) is 4.34. The number of hydrogen-bond acceptors (Lipinski definition) is 2. The first-order chi connectivity index (χ1) is 14.0. The van der Waals surface area contributed by atoms with Crippen molar-refractivity contribution in [1.29, 1.82) is 0 Å². The number of rotatable bonds is 12. The van der Waals surface area contributed by atoms with Crippen LogP contribution < -0.4 is 0 Å². The van der Waals surface area contributed by atoms with Gasteiger partial charge in [0.1, 0.15) is 11.5 Å². The molecule has 160 valence electrons. The number of aryl methyl sites for hydroxylation is 2. The Morgan fingerprint density at radius 2 is 1.10 bits per heavy atom. The Kier molecular flexibility index (Phi) is 9.07. The van der Waals surface area contributed by atoms with Gasteiger partial charge < -0.3 is 10.2 Å². The van der Waals surface area contributed by atoms with Crippen molar-refractivity contribution in [2.24, 2.45) is 0 Å². The van der Waals surface area contributed by atoms with Gasteiger partial charge >= 0.3 is 0 Å². The Morgan fingerprint density at radius 1 is 0.655 bits per heavy atom. The van der Waals surface area contributed by atoms with Gasteiger partial charge in [0.15, 0.2) is 0 Å². The summed E-state index contributed by atoms with van der Waals surface area (Å²) in [4.78, 5) is 0. The Bertz CT molecular complexity index is 704. The van der Waals surface area contributed by atoms with Crippen molar-refractivity contribution in [2.75, 3.05) is 0 Å². The molecule has 0 aliphatic rings. The second-order valence-corrected chi connectivity index (χ2v) is 8.68. The van der Waals surface area contributed by atoms with Crippen molar-refractivity contribution in [3.8, 4) is 11.5 Å². The van der Waals surface area contributed by atoms with Gasteiger partial charge in [-0.25, -0.2) is 0 Å². The molecular formula is C27H40O2. The second-order valence-electron chi connectivity index (χ2n) is 8.68. The zero-order valence-corrected chi connectivity index (χ0v) is 18.9. The van der Waals surface area contributed by atoms with Crippen molar-refractivity contribution < 1.29 is 10.2 Å². The molecule has 0 aliphatic heterocycles. The van der Waals surface area contributed by atoms with E-state index in [1.54, 1.807) is 0 Å². The predicted molar refractivity (Wildman–Crippen MR) is 124 cm³/mol. The van der Waals surface area contributed by atoms with Crippen molar-refractivity contribution in [3.63, 3.8) is 0 Å². The largest absolute Gasteiger partial charge is 0.508 e.